The van der Waals surface area contributed by atoms with E-state index in [0.717, 1.165) is 11.8 Å². The third-order valence-corrected chi connectivity index (χ3v) is 4.47. The molecule has 0 aliphatic heterocycles. The van der Waals surface area contributed by atoms with E-state index in [-0.39, 0.29) is 34.3 Å². The standard InChI is InChI=1S/C17H13ClN4O2S/c1-2-24-14(23)9-25-17-12(8-20)15(11(7-19)16(21)22-17)10-5-3-4-6-13(10)18/h3-6H,2,9H2,1H3,(H2,21,22). The molecule has 8 heteroatoms. The lowest BCUT2D eigenvalue weighted by molar-refractivity contribution is -0.139. The van der Waals surface area contributed by atoms with Crippen LogP contribution in [0.2, 0.25) is 5.02 Å². The molecule has 1 aromatic carbocycles. The second-order valence-corrected chi connectivity index (χ2v) is 6.10. The second kappa shape index (κ2) is 8.39. The van der Waals surface area contributed by atoms with E-state index in [9.17, 15) is 15.3 Å². The van der Waals surface area contributed by atoms with E-state index in [1.165, 1.54) is 0 Å². The molecule has 1 aromatic heterocycles. The number of hydrogen-bond acceptors (Lipinski definition) is 7. The Balaban J connectivity index is 2.62. The predicted molar refractivity (Wildman–Crippen MR) is 95.9 cm³/mol. The zero-order valence-corrected chi connectivity index (χ0v) is 14.8. The van der Waals surface area contributed by atoms with Crippen molar-refractivity contribution >= 4 is 35.1 Å². The van der Waals surface area contributed by atoms with Crippen LogP contribution >= 0.6 is 23.4 Å². The van der Waals surface area contributed by atoms with Gasteiger partial charge >= 0.3 is 5.97 Å². The fraction of sp³-hybridized carbons (Fsp3) is 0.176. The number of aromatic nitrogens is 1. The van der Waals surface area contributed by atoms with Crippen LogP contribution in [0.5, 0.6) is 0 Å². The molecule has 25 heavy (non-hydrogen) atoms. The molecule has 0 aliphatic rings. The minimum absolute atomic E-state index is 0.0250. The predicted octanol–water partition coefficient (Wildman–Crippen LogP) is 3.38. The maximum Gasteiger partial charge on any atom is 0.316 e. The van der Waals surface area contributed by atoms with E-state index in [2.05, 4.69) is 4.98 Å². The Kier molecular flexibility index (Phi) is 6.24. The molecule has 0 radical (unpaired) electrons. The summed E-state index contributed by atoms with van der Waals surface area (Å²) >= 11 is 7.26. The molecule has 2 rings (SSSR count). The average molecular weight is 373 g/mol. The van der Waals surface area contributed by atoms with Crippen LogP contribution in [0.4, 0.5) is 5.82 Å². The summed E-state index contributed by atoms with van der Waals surface area (Å²) in [6, 6.07) is 10.9. The number of thioether (sulfide) groups is 1. The number of pyridine rings is 1. The smallest absolute Gasteiger partial charge is 0.316 e. The number of benzene rings is 1. The van der Waals surface area contributed by atoms with Gasteiger partial charge in [-0.1, -0.05) is 41.6 Å². The van der Waals surface area contributed by atoms with Gasteiger partial charge in [-0.25, -0.2) is 4.98 Å². The molecule has 0 atom stereocenters. The number of nitrogens with zero attached hydrogens (tertiary/aromatic N) is 3. The van der Waals surface area contributed by atoms with Gasteiger partial charge in [0.05, 0.1) is 17.9 Å². The largest absolute Gasteiger partial charge is 0.465 e. The van der Waals surface area contributed by atoms with Crippen molar-refractivity contribution in [2.24, 2.45) is 0 Å². The van der Waals surface area contributed by atoms with E-state index < -0.39 is 5.97 Å². The van der Waals surface area contributed by atoms with Crippen LogP contribution in [0, 0.1) is 22.7 Å². The summed E-state index contributed by atoms with van der Waals surface area (Å²) in [7, 11) is 0. The average Bonchev–Trinajstić information content (AvgIpc) is 2.60. The number of rotatable bonds is 5. The summed E-state index contributed by atoms with van der Waals surface area (Å²) in [6.07, 6.45) is 0. The van der Waals surface area contributed by atoms with Gasteiger partial charge in [-0.2, -0.15) is 10.5 Å². The number of nitriles is 2. The number of carbonyl (C=O) groups excluding carboxylic acids is 1. The lowest BCUT2D eigenvalue weighted by Crippen LogP contribution is -2.08. The summed E-state index contributed by atoms with van der Waals surface area (Å²) < 4.78 is 4.87. The minimum atomic E-state index is -0.430. The summed E-state index contributed by atoms with van der Waals surface area (Å²) in [5.41, 5.74) is 6.93. The number of anilines is 1. The van der Waals surface area contributed by atoms with E-state index >= 15 is 0 Å². The molecule has 1 heterocycles. The maximum absolute atomic E-state index is 11.6. The highest BCUT2D eigenvalue weighted by Gasteiger charge is 2.22. The molecule has 0 saturated carbocycles. The Bertz CT molecular complexity index is 903. The molecule has 0 fully saturated rings. The maximum atomic E-state index is 11.6. The Morgan fingerprint density at radius 1 is 1.32 bits per heavy atom. The van der Waals surface area contributed by atoms with Crippen LogP contribution in [0.25, 0.3) is 11.1 Å². The molecule has 126 valence electrons. The number of nitrogens with two attached hydrogens (primary N) is 1. The van der Waals surface area contributed by atoms with Crippen LogP contribution in [0.15, 0.2) is 29.3 Å². The number of halogens is 1. The zero-order chi connectivity index (χ0) is 18.4. The summed E-state index contributed by atoms with van der Waals surface area (Å²) in [5, 5.41) is 19.7. The third-order valence-electron chi connectivity index (χ3n) is 3.19. The molecule has 2 N–H and O–H groups in total. The topological polar surface area (TPSA) is 113 Å². The highest BCUT2D eigenvalue weighted by molar-refractivity contribution is 7.99. The molecule has 0 saturated heterocycles. The van der Waals surface area contributed by atoms with Crippen LogP contribution in [-0.2, 0) is 9.53 Å². The van der Waals surface area contributed by atoms with E-state index in [1.54, 1.807) is 31.2 Å². The van der Waals surface area contributed by atoms with Crippen molar-refractivity contribution in [3.05, 3.63) is 40.4 Å². The highest BCUT2D eigenvalue weighted by atomic mass is 35.5. The number of nitrogen functional groups attached to an aromatic ring is 1. The second-order valence-electron chi connectivity index (χ2n) is 4.72. The first-order valence-corrected chi connectivity index (χ1v) is 8.56. The van der Waals surface area contributed by atoms with Crippen LogP contribution in [0.1, 0.15) is 18.1 Å². The molecule has 0 bridgehead atoms. The van der Waals surface area contributed by atoms with E-state index in [1.807, 2.05) is 12.1 Å². The fourth-order valence-corrected chi connectivity index (χ4v) is 3.19. The molecule has 0 aliphatic carbocycles. The first kappa shape index (κ1) is 18.6. The van der Waals surface area contributed by atoms with Crippen LogP contribution in [0.3, 0.4) is 0 Å². The van der Waals surface area contributed by atoms with Gasteiger partial charge < -0.3 is 10.5 Å². The van der Waals surface area contributed by atoms with Gasteiger partial charge in [-0.15, -0.1) is 0 Å². The number of carbonyl (C=O) groups is 1. The van der Waals surface area contributed by atoms with Crippen LogP contribution < -0.4 is 5.73 Å². The SMILES string of the molecule is CCOC(=O)CSc1nc(N)c(C#N)c(-c2ccccc2Cl)c1C#N. The zero-order valence-electron chi connectivity index (χ0n) is 13.2. The summed E-state index contributed by atoms with van der Waals surface area (Å²) in [4.78, 5) is 15.7. The highest BCUT2D eigenvalue weighted by Crippen LogP contribution is 2.38. The van der Waals surface area contributed by atoms with Gasteiger partial charge in [0.15, 0.2) is 0 Å². The Morgan fingerprint density at radius 3 is 2.60 bits per heavy atom. The van der Waals surface area contributed by atoms with E-state index in [0.29, 0.717) is 16.1 Å². The van der Waals surface area contributed by atoms with Crippen LogP contribution in [-0.4, -0.2) is 23.3 Å². The third kappa shape index (κ3) is 4.03. The summed E-state index contributed by atoms with van der Waals surface area (Å²) in [5.74, 6) is -0.480. The number of ether oxygens (including phenoxy) is 1. The van der Waals surface area contributed by atoms with Gasteiger partial charge in [0, 0.05) is 16.1 Å². The summed E-state index contributed by atoms with van der Waals surface area (Å²) in [6.45, 7) is 1.97. The lowest BCUT2D eigenvalue weighted by Gasteiger charge is -2.13. The van der Waals surface area contributed by atoms with Crippen molar-refractivity contribution in [3.63, 3.8) is 0 Å². The van der Waals surface area contributed by atoms with Crippen molar-refractivity contribution in [2.45, 2.75) is 11.9 Å². The number of hydrogen-bond donors (Lipinski definition) is 1. The molecule has 2 aromatic rings. The van der Waals surface area contributed by atoms with Gasteiger partial charge in [-0.3, -0.25) is 4.79 Å². The first-order chi connectivity index (χ1) is 12.0. The van der Waals surface area contributed by atoms with E-state index in [4.69, 9.17) is 22.1 Å². The molecular formula is C17H13ClN4O2S. The Morgan fingerprint density at radius 2 is 2.00 bits per heavy atom. The first-order valence-electron chi connectivity index (χ1n) is 7.20. The van der Waals surface area contributed by atoms with Crippen molar-refractivity contribution < 1.29 is 9.53 Å². The molecule has 0 amide bonds. The van der Waals surface area contributed by atoms with Gasteiger partial charge in [-0.05, 0) is 13.0 Å². The quantitative estimate of drug-likeness (QED) is 0.632. The molecular weight excluding hydrogens is 360 g/mol. The Labute approximate surface area is 154 Å². The van der Waals surface area contributed by atoms with Crippen molar-refractivity contribution in [1.29, 1.82) is 10.5 Å². The van der Waals surface area contributed by atoms with Gasteiger partial charge in [0.2, 0.25) is 0 Å². The van der Waals surface area contributed by atoms with Crippen molar-refractivity contribution in [3.8, 4) is 23.3 Å². The normalized spacial score (nSPS) is 9.92. The molecule has 6 nitrogen and oxygen atoms in total. The fourth-order valence-electron chi connectivity index (χ4n) is 2.17. The van der Waals surface area contributed by atoms with Crippen molar-refractivity contribution in [2.75, 3.05) is 18.1 Å². The Hall–Kier alpha value is -2.74. The van der Waals surface area contributed by atoms with Gasteiger partial charge in [0.25, 0.3) is 0 Å². The molecule has 0 unspecified atom stereocenters. The molecule has 0 spiro atoms. The monoisotopic (exact) mass is 372 g/mol. The van der Waals surface area contributed by atoms with Crippen molar-refractivity contribution in [1.82, 2.24) is 4.98 Å². The minimum Gasteiger partial charge on any atom is -0.465 e. The van der Waals surface area contributed by atoms with Gasteiger partial charge in [0.1, 0.15) is 28.5 Å². The lowest BCUT2D eigenvalue weighted by atomic mass is 9.97. The number of esters is 1.